The van der Waals surface area contributed by atoms with Crippen LogP contribution in [0.4, 0.5) is 5.69 Å². The van der Waals surface area contributed by atoms with Crippen molar-refractivity contribution in [3.05, 3.63) is 50.9 Å². The third kappa shape index (κ3) is 3.71. The topological polar surface area (TPSA) is 67.2 Å². The molecule has 2 aromatic rings. The number of amides is 1. The largest absolute Gasteiger partial charge is 0.377 e. The highest BCUT2D eigenvalue weighted by atomic mass is 35.5. The molecule has 1 unspecified atom stereocenters. The number of hydrogen-bond donors (Lipinski definition) is 1. The van der Waals surface area contributed by atoms with Crippen LogP contribution in [-0.4, -0.2) is 38.7 Å². The maximum atomic E-state index is 12.6. The first-order chi connectivity index (χ1) is 12.2. The third-order valence-corrected chi connectivity index (χ3v) is 4.90. The van der Waals surface area contributed by atoms with Gasteiger partial charge in [0.1, 0.15) is 5.02 Å². The Morgan fingerprint density at radius 2 is 1.81 bits per heavy atom. The van der Waals surface area contributed by atoms with Crippen LogP contribution in [-0.2, 0) is 4.79 Å². The molecular weight excluding hydrogens is 375 g/mol. The van der Waals surface area contributed by atoms with E-state index in [-0.39, 0.29) is 22.5 Å². The summed E-state index contributed by atoms with van der Waals surface area (Å²) in [4.78, 5) is 26.6. The fourth-order valence-corrected chi connectivity index (χ4v) is 3.28. The molecule has 0 saturated carbocycles. The number of nitrogens with zero attached hydrogens (tertiary/aromatic N) is 3. The molecule has 6 nitrogen and oxygen atoms in total. The second kappa shape index (κ2) is 6.93. The highest BCUT2D eigenvalue weighted by molar-refractivity contribution is 6.33. The van der Waals surface area contributed by atoms with Gasteiger partial charge in [0.05, 0.1) is 23.6 Å². The Balaban J connectivity index is 1.82. The van der Waals surface area contributed by atoms with Crippen LogP contribution < -0.4 is 10.9 Å². The summed E-state index contributed by atoms with van der Waals surface area (Å²) in [6.07, 6.45) is 1.86. The number of hydrogen-bond acceptors (Lipinski definition) is 4. The molecule has 1 aromatic carbocycles. The van der Waals surface area contributed by atoms with E-state index in [2.05, 4.69) is 10.4 Å². The van der Waals surface area contributed by atoms with E-state index >= 15 is 0 Å². The number of carbonyl (C=O) groups excluding carboxylic acids is 1. The van der Waals surface area contributed by atoms with Crippen molar-refractivity contribution in [2.24, 2.45) is 0 Å². The molecule has 1 amide bonds. The summed E-state index contributed by atoms with van der Waals surface area (Å²) in [6, 6.07) is 6.62. The van der Waals surface area contributed by atoms with Gasteiger partial charge in [-0.05, 0) is 45.0 Å². The quantitative estimate of drug-likeness (QED) is 0.866. The van der Waals surface area contributed by atoms with E-state index in [4.69, 9.17) is 23.2 Å². The molecule has 138 valence electrons. The summed E-state index contributed by atoms with van der Waals surface area (Å²) in [5.41, 5.74) is 0.322. The van der Waals surface area contributed by atoms with E-state index in [0.717, 1.165) is 0 Å². The van der Waals surface area contributed by atoms with Crippen molar-refractivity contribution in [3.8, 4) is 5.69 Å². The third-order valence-electron chi connectivity index (χ3n) is 4.28. The maximum Gasteiger partial charge on any atom is 0.292 e. The SMILES string of the molecule is CC(C)(C)N1CC(Nc2cnn(-c3ccc(Cl)cc3)c(=O)c2Cl)CC1=O. The van der Waals surface area contributed by atoms with Gasteiger partial charge in [-0.2, -0.15) is 9.78 Å². The van der Waals surface area contributed by atoms with Crippen LogP contribution in [0.5, 0.6) is 0 Å². The Morgan fingerprint density at radius 1 is 1.15 bits per heavy atom. The standard InChI is InChI=1S/C18H20Cl2N4O2/c1-18(2,3)23-10-12(8-15(23)25)22-14-9-21-24(17(26)16(14)20)13-6-4-11(19)5-7-13/h4-7,9,12,22H,8,10H2,1-3H3. The van der Waals surface area contributed by atoms with Crippen molar-refractivity contribution in [3.63, 3.8) is 0 Å². The summed E-state index contributed by atoms with van der Waals surface area (Å²) in [7, 11) is 0. The first-order valence-electron chi connectivity index (χ1n) is 8.27. The first-order valence-corrected chi connectivity index (χ1v) is 9.03. The smallest absolute Gasteiger partial charge is 0.292 e. The van der Waals surface area contributed by atoms with Gasteiger partial charge >= 0.3 is 0 Å². The average molecular weight is 395 g/mol. The molecule has 1 N–H and O–H groups in total. The zero-order valence-corrected chi connectivity index (χ0v) is 16.3. The molecule has 0 bridgehead atoms. The van der Waals surface area contributed by atoms with E-state index in [9.17, 15) is 9.59 Å². The van der Waals surface area contributed by atoms with Gasteiger partial charge in [-0.25, -0.2) is 0 Å². The molecular formula is C18H20Cl2N4O2. The molecule has 0 aliphatic carbocycles. The van der Waals surface area contributed by atoms with Crippen LogP contribution in [0, 0.1) is 0 Å². The molecule has 1 saturated heterocycles. The summed E-state index contributed by atoms with van der Waals surface area (Å²) in [5, 5.41) is 7.97. The Hall–Kier alpha value is -2.05. The lowest BCUT2D eigenvalue weighted by Crippen LogP contribution is -2.43. The highest BCUT2D eigenvalue weighted by Gasteiger charge is 2.36. The van der Waals surface area contributed by atoms with Crippen molar-refractivity contribution in [2.75, 3.05) is 11.9 Å². The number of likely N-dealkylation sites (tertiary alicyclic amines) is 1. The van der Waals surface area contributed by atoms with Crippen LogP contribution >= 0.6 is 23.2 Å². The van der Waals surface area contributed by atoms with E-state index in [1.807, 2.05) is 25.7 Å². The Morgan fingerprint density at radius 3 is 2.38 bits per heavy atom. The Labute approximate surface area is 161 Å². The van der Waals surface area contributed by atoms with Crippen molar-refractivity contribution >= 4 is 34.8 Å². The summed E-state index contributed by atoms with van der Waals surface area (Å²) in [5.74, 6) is 0.0774. The second-order valence-corrected chi connectivity index (χ2v) is 8.10. The molecule has 1 fully saturated rings. The molecule has 0 spiro atoms. The van der Waals surface area contributed by atoms with Gasteiger partial charge in [0.15, 0.2) is 0 Å². The molecule has 1 aliphatic heterocycles. The normalized spacial score (nSPS) is 17.7. The molecule has 1 atom stereocenters. The minimum absolute atomic E-state index is 0.0385. The van der Waals surface area contributed by atoms with Crippen molar-refractivity contribution < 1.29 is 4.79 Å². The number of anilines is 1. The van der Waals surface area contributed by atoms with Gasteiger partial charge in [-0.3, -0.25) is 9.59 Å². The maximum absolute atomic E-state index is 12.6. The van der Waals surface area contributed by atoms with Crippen LogP contribution in [0.2, 0.25) is 10.0 Å². The van der Waals surface area contributed by atoms with Crippen LogP contribution in [0.25, 0.3) is 5.69 Å². The molecule has 2 heterocycles. The molecule has 1 aromatic heterocycles. The molecule has 1 aliphatic rings. The number of aromatic nitrogens is 2. The van der Waals surface area contributed by atoms with Gasteiger partial charge < -0.3 is 10.2 Å². The van der Waals surface area contributed by atoms with E-state index in [0.29, 0.717) is 29.4 Å². The van der Waals surface area contributed by atoms with Gasteiger partial charge in [0, 0.05) is 23.5 Å². The van der Waals surface area contributed by atoms with E-state index < -0.39 is 5.56 Å². The van der Waals surface area contributed by atoms with Crippen molar-refractivity contribution in [1.82, 2.24) is 14.7 Å². The minimum Gasteiger partial charge on any atom is -0.377 e. The van der Waals surface area contributed by atoms with Crippen LogP contribution in [0.1, 0.15) is 27.2 Å². The number of benzene rings is 1. The van der Waals surface area contributed by atoms with Crippen molar-refractivity contribution in [1.29, 1.82) is 0 Å². The van der Waals surface area contributed by atoms with E-state index in [1.54, 1.807) is 24.3 Å². The molecule has 3 rings (SSSR count). The summed E-state index contributed by atoms with van der Waals surface area (Å²) < 4.78 is 1.21. The van der Waals surface area contributed by atoms with Gasteiger partial charge in [0.2, 0.25) is 5.91 Å². The fraction of sp³-hybridized carbons (Fsp3) is 0.389. The zero-order valence-electron chi connectivity index (χ0n) is 14.8. The van der Waals surface area contributed by atoms with Crippen LogP contribution in [0.3, 0.4) is 0 Å². The fourth-order valence-electron chi connectivity index (χ4n) is 2.97. The monoisotopic (exact) mass is 394 g/mol. The molecule has 8 heteroatoms. The van der Waals surface area contributed by atoms with Crippen LogP contribution in [0.15, 0.2) is 35.3 Å². The predicted octanol–water partition coefficient (Wildman–Crippen LogP) is 3.35. The number of rotatable bonds is 3. The summed E-state index contributed by atoms with van der Waals surface area (Å²) in [6.45, 7) is 6.54. The average Bonchev–Trinajstić information content (AvgIpc) is 2.94. The number of carbonyl (C=O) groups is 1. The van der Waals surface area contributed by atoms with E-state index in [1.165, 1.54) is 10.9 Å². The van der Waals surface area contributed by atoms with Crippen molar-refractivity contribution in [2.45, 2.75) is 38.8 Å². The predicted molar refractivity (Wildman–Crippen MR) is 103 cm³/mol. The first kappa shape index (κ1) is 18.7. The van der Waals surface area contributed by atoms with Gasteiger partial charge in [-0.15, -0.1) is 0 Å². The molecule has 26 heavy (non-hydrogen) atoms. The Bertz CT molecular complexity index is 888. The number of nitrogens with one attached hydrogen (secondary N) is 1. The number of halogens is 2. The zero-order chi connectivity index (χ0) is 19.1. The van der Waals surface area contributed by atoms with Gasteiger partial charge in [-0.1, -0.05) is 23.2 Å². The molecule has 0 radical (unpaired) electrons. The highest BCUT2D eigenvalue weighted by Crippen LogP contribution is 2.26. The Kier molecular flexibility index (Phi) is 4.99. The lowest BCUT2D eigenvalue weighted by molar-refractivity contribution is -0.131. The lowest BCUT2D eigenvalue weighted by atomic mass is 10.1. The summed E-state index contributed by atoms with van der Waals surface area (Å²) >= 11 is 12.1. The minimum atomic E-state index is -0.434. The van der Waals surface area contributed by atoms with Gasteiger partial charge in [0.25, 0.3) is 5.56 Å². The second-order valence-electron chi connectivity index (χ2n) is 7.29. The lowest BCUT2D eigenvalue weighted by Gasteiger charge is -2.32.